The predicted molar refractivity (Wildman–Crippen MR) is 68.4 cm³/mol. The average Bonchev–Trinajstić information content (AvgIpc) is 2.81. The highest BCUT2D eigenvalue weighted by molar-refractivity contribution is 5.95. The number of ether oxygens (including phenoxy) is 1. The Bertz CT molecular complexity index is 549. The number of para-hydroxylation sites is 1. The number of imidazole rings is 1. The van der Waals surface area contributed by atoms with Crippen LogP contribution >= 0.6 is 0 Å². The smallest absolute Gasteiger partial charge is 0.339 e. The maximum Gasteiger partial charge on any atom is 0.339 e. The highest BCUT2D eigenvalue weighted by atomic mass is 16.5. The Kier molecular flexibility index (Phi) is 3.62. The minimum absolute atomic E-state index is 0.350. The molecule has 0 unspecified atom stereocenters. The highest BCUT2D eigenvalue weighted by Crippen LogP contribution is 2.17. The van der Waals surface area contributed by atoms with Crippen molar-refractivity contribution in [2.45, 2.75) is 13.5 Å². The van der Waals surface area contributed by atoms with Crippen molar-refractivity contribution in [1.82, 2.24) is 9.97 Å². The fourth-order valence-corrected chi connectivity index (χ4v) is 1.67. The molecule has 5 nitrogen and oxygen atoms in total. The van der Waals surface area contributed by atoms with Crippen LogP contribution in [0.3, 0.4) is 0 Å². The Hall–Kier alpha value is -2.30. The van der Waals surface area contributed by atoms with Gasteiger partial charge in [-0.25, -0.2) is 9.78 Å². The van der Waals surface area contributed by atoms with E-state index in [1.54, 1.807) is 18.5 Å². The van der Waals surface area contributed by atoms with Gasteiger partial charge in [-0.1, -0.05) is 12.1 Å². The van der Waals surface area contributed by atoms with Crippen LogP contribution in [-0.4, -0.2) is 23.0 Å². The van der Waals surface area contributed by atoms with E-state index in [1.165, 1.54) is 7.11 Å². The molecule has 2 aromatic rings. The summed E-state index contributed by atoms with van der Waals surface area (Å²) in [5.74, 6) is -0.350. The summed E-state index contributed by atoms with van der Waals surface area (Å²) in [7, 11) is 1.37. The van der Waals surface area contributed by atoms with Crippen LogP contribution in [0.4, 0.5) is 5.69 Å². The summed E-state index contributed by atoms with van der Waals surface area (Å²) >= 11 is 0. The fourth-order valence-electron chi connectivity index (χ4n) is 1.67. The lowest BCUT2D eigenvalue weighted by Crippen LogP contribution is -2.08. The molecule has 0 aliphatic rings. The molecule has 0 amide bonds. The topological polar surface area (TPSA) is 67.0 Å². The van der Waals surface area contributed by atoms with Crippen LogP contribution in [0.25, 0.3) is 0 Å². The molecule has 94 valence electrons. The number of hydrogen-bond acceptors (Lipinski definition) is 4. The molecular weight excluding hydrogens is 230 g/mol. The van der Waals surface area contributed by atoms with Gasteiger partial charge in [0.05, 0.1) is 31.2 Å². The van der Waals surface area contributed by atoms with Crippen molar-refractivity contribution in [2.75, 3.05) is 12.4 Å². The number of hydrogen-bond donors (Lipinski definition) is 2. The van der Waals surface area contributed by atoms with Gasteiger partial charge < -0.3 is 15.0 Å². The molecule has 5 heteroatoms. The monoisotopic (exact) mass is 245 g/mol. The Balaban J connectivity index is 2.14. The van der Waals surface area contributed by atoms with Crippen molar-refractivity contribution in [3.05, 3.63) is 47.5 Å². The third kappa shape index (κ3) is 2.51. The standard InChI is InChI=1S/C13H15N3O2/c1-9-12(16-8-15-9)7-14-11-6-4-3-5-10(11)13(17)18-2/h3-6,8,14H,7H2,1-2H3,(H,15,16). The lowest BCUT2D eigenvalue weighted by Gasteiger charge is -2.09. The number of esters is 1. The molecule has 0 atom stereocenters. The number of anilines is 1. The van der Waals surface area contributed by atoms with Gasteiger partial charge in [-0.2, -0.15) is 0 Å². The van der Waals surface area contributed by atoms with Gasteiger partial charge in [0, 0.05) is 11.4 Å². The van der Waals surface area contributed by atoms with Crippen LogP contribution in [0, 0.1) is 6.92 Å². The minimum Gasteiger partial charge on any atom is -0.465 e. The molecule has 0 saturated heterocycles. The zero-order valence-corrected chi connectivity index (χ0v) is 10.4. The van der Waals surface area contributed by atoms with E-state index in [0.29, 0.717) is 12.1 Å². The summed E-state index contributed by atoms with van der Waals surface area (Å²) in [4.78, 5) is 18.8. The Morgan fingerprint density at radius 2 is 2.22 bits per heavy atom. The number of aromatic amines is 1. The van der Waals surface area contributed by atoms with E-state index >= 15 is 0 Å². The normalized spacial score (nSPS) is 10.1. The van der Waals surface area contributed by atoms with E-state index in [-0.39, 0.29) is 5.97 Å². The predicted octanol–water partition coefficient (Wildman–Crippen LogP) is 2.12. The zero-order valence-electron chi connectivity index (χ0n) is 10.4. The molecule has 0 aliphatic carbocycles. The summed E-state index contributed by atoms with van der Waals surface area (Å²) in [6, 6.07) is 7.24. The molecule has 0 bridgehead atoms. The molecule has 2 rings (SSSR count). The third-order valence-corrected chi connectivity index (χ3v) is 2.71. The maximum absolute atomic E-state index is 11.6. The Morgan fingerprint density at radius 1 is 1.44 bits per heavy atom. The quantitative estimate of drug-likeness (QED) is 0.810. The van der Waals surface area contributed by atoms with Crippen molar-refractivity contribution in [1.29, 1.82) is 0 Å². The molecule has 0 aliphatic heterocycles. The minimum atomic E-state index is -0.350. The van der Waals surface area contributed by atoms with Gasteiger partial charge in [-0.05, 0) is 19.1 Å². The van der Waals surface area contributed by atoms with Crippen molar-refractivity contribution in [3.8, 4) is 0 Å². The van der Waals surface area contributed by atoms with Gasteiger partial charge >= 0.3 is 5.97 Å². The summed E-state index contributed by atoms with van der Waals surface area (Å²) < 4.78 is 4.74. The molecule has 0 spiro atoms. The number of benzene rings is 1. The second kappa shape index (κ2) is 5.35. The molecule has 1 heterocycles. The molecule has 1 aromatic carbocycles. The summed E-state index contributed by atoms with van der Waals surface area (Å²) in [5.41, 5.74) is 3.20. The number of methoxy groups -OCH3 is 1. The van der Waals surface area contributed by atoms with E-state index < -0.39 is 0 Å². The Morgan fingerprint density at radius 3 is 2.89 bits per heavy atom. The molecule has 2 N–H and O–H groups in total. The van der Waals surface area contributed by atoms with Gasteiger partial charge in [-0.15, -0.1) is 0 Å². The first-order valence-corrected chi connectivity index (χ1v) is 5.62. The average molecular weight is 245 g/mol. The van der Waals surface area contributed by atoms with Gasteiger partial charge in [-0.3, -0.25) is 0 Å². The second-order valence-electron chi connectivity index (χ2n) is 3.86. The van der Waals surface area contributed by atoms with Crippen LogP contribution in [0.5, 0.6) is 0 Å². The molecule has 1 aromatic heterocycles. The van der Waals surface area contributed by atoms with Crippen LogP contribution < -0.4 is 5.32 Å². The number of aryl methyl sites for hydroxylation is 1. The van der Waals surface area contributed by atoms with Crippen molar-refractivity contribution in [2.24, 2.45) is 0 Å². The number of aromatic nitrogens is 2. The number of nitrogens with one attached hydrogen (secondary N) is 2. The van der Waals surface area contributed by atoms with Crippen molar-refractivity contribution in [3.63, 3.8) is 0 Å². The number of carbonyl (C=O) groups is 1. The lowest BCUT2D eigenvalue weighted by atomic mass is 10.1. The molecule has 0 fully saturated rings. The van der Waals surface area contributed by atoms with Gasteiger partial charge in [0.25, 0.3) is 0 Å². The SMILES string of the molecule is COC(=O)c1ccccc1NCc1nc[nH]c1C. The number of nitrogens with zero attached hydrogens (tertiary/aromatic N) is 1. The maximum atomic E-state index is 11.6. The molecular formula is C13H15N3O2. The van der Waals surface area contributed by atoms with Gasteiger partial charge in [0.2, 0.25) is 0 Å². The van der Waals surface area contributed by atoms with Gasteiger partial charge in [0.15, 0.2) is 0 Å². The van der Waals surface area contributed by atoms with E-state index in [2.05, 4.69) is 15.3 Å². The summed E-state index contributed by atoms with van der Waals surface area (Å²) in [5, 5.41) is 3.19. The first-order valence-electron chi connectivity index (χ1n) is 5.62. The van der Waals surface area contributed by atoms with E-state index in [4.69, 9.17) is 4.74 Å². The van der Waals surface area contributed by atoms with Crippen LogP contribution in [-0.2, 0) is 11.3 Å². The Labute approximate surface area is 105 Å². The fraction of sp³-hybridized carbons (Fsp3) is 0.231. The first kappa shape index (κ1) is 12.2. The van der Waals surface area contributed by atoms with Crippen LogP contribution in [0.1, 0.15) is 21.7 Å². The van der Waals surface area contributed by atoms with E-state index in [9.17, 15) is 4.79 Å². The van der Waals surface area contributed by atoms with Crippen LogP contribution in [0.15, 0.2) is 30.6 Å². The summed E-state index contributed by atoms with van der Waals surface area (Å²) in [6.45, 7) is 2.51. The second-order valence-corrected chi connectivity index (χ2v) is 3.86. The third-order valence-electron chi connectivity index (χ3n) is 2.71. The van der Waals surface area contributed by atoms with Gasteiger partial charge in [0.1, 0.15) is 0 Å². The lowest BCUT2D eigenvalue weighted by molar-refractivity contribution is 0.0602. The van der Waals surface area contributed by atoms with Crippen LogP contribution in [0.2, 0.25) is 0 Å². The largest absolute Gasteiger partial charge is 0.465 e. The molecule has 0 radical (unpaired) electrons. The summed E-state index contributed by atoms with van der Waals surface area (Å²) in [6.07, 6.45) is 1.65. The van der Waals surface area contributed by atoms with Crippen molar-refractivity contribution >= 4 is 11.7 Å². The van der Waals surface area contributed by atoms with Crippen molar-refractivity contribution < 1.29 is 9.53 Å². The number of H-pyrrole nitrogens is 1. The van der Waals surface area contributed by atoms with E-state index in [0.717, 1.165) is 17.1 Å². The zero-order chi connectivity index (χ0) is 13.0. The number of rotatable bonds is 4. The van der Waals surface area contributed by atoms with E-state index in [1.807, 2.05) is 19.1 Å². The first-order chi connectivity index (χ1) is 8.72. The molecule has 0 saturated carbocycles. The highest BCUT2D eigenvalue weighted by Gasteiger charge is 2.11. The number of carbonyl (C=O) groups excluding carboxylic acids is 1. The molecule has 18 heavy (non-hydrogen) atoms.